The molecule has 3 rings (SSSR count). The van der Waals surface area contributed by atoms with Crippen LogP contribution in [0.1, 0.15) is 15.9 Å². The number of carbonyl (C=O) groups excluding carboxylic acids is 1. The van der Waals surface area contributed by atoms with Crippen molar-refractivity contribution in [2.45, 2.75) is 12.5 Å². The maximum atomic E-state index is 14.2. The lowest BCUT2D eigenvalue weighted by atomic mass is 10.0. The van der Waals surface area contributed by atoms with Crippen LogP contribution in [0.25, 0.3) is 5.57 Å². The van der Waals surface area contributed by atoms with Gasteiger partial charge >= 0.3 is 12.5 Å². The van der Waals surface area contributed by atoms with E-state index in [1.165, 1.54) is 0 Å². The van der Waals surface area contributed by atoms with Gasteiger partial charge in [0.1, 0.15) is 17.1 Å². The van der Waals surface area contributed by atoms with Crippen molar-refractivity contribution < 1.29 is 54.1 Å². The molecule has 0 saturated heterocycles. The summed E-state index contributed by atoms with van der Waals surface area (Å²) >= 11 is 0. The molecular formula is C21H11F8NO4. The Morgan fingerprint density at radius 1 is 1.00 bits per heavy atom. The lowest BCUT2D eigenvalue weighted by Crippen LogP contribution is -2.20. The zero-order valence-electron chi connectivity index (χ0n) is 16.5. The quantitative estimate of drug-likeness (QED) is 0.433. The van der Waals surface area contributed by atoms with Crippen LogP contribution in [-0.4, -0.2) is 25.1 Å². The molecule has 0 atom stereocenters. The summed E-state index contributed by atoms with van der Waals surface area (Å²) in [5.41, 5.74) is 5.42. The molecule has 0 unspecified atom stereocenters. The number of ether oxygens (including phenoxy) is 3. The van der Waals surface area contributed by atoms with Crippen LogP contribution in [0.3, 0.4) is 0 Å². The normalized spacial score (nSPS) is 13.9. The maximum absolute atomic E-state index is 14.2. The Morgan fingerprint density at radius 3 is 2.21 bits per heavy atom. The minimum Gasteiger partial charge on any atom is -0.482 e. The van der Waals surface area contributed by atoms with E-state index in [0.717, 1.165) is 36.4 Å². The Labute approximate surface area is 185 Å². The molecule has 2 aromatic rings. The Hall–Kier alpha value is -3.99. The fourth-order valence-electron chi connectivity index (χ4n) is 2.77. The number of benzene rings is 2. The highest BCUT2D eigenvalue weighted by Crippen LogP contribution is 2.38. The second-order valence-electron chi connectivity index (χ2n) is 6.51. The van der Waals surface area contributed by atoms with Gasteiger partial charge in [-0.15, -0.1) is 13.2 Å². The van der Waals surface area contributed by atoms with Crippen LogP contribution in [-0.2, 0) is 4.74 Å². The molecule has 5 nitrogen and oxygen atoms in total. The van der Waals surface area contributed by atoms with Crippen LogP contribution in [0.4, 0.5) is 35.1 Å². The van der Waals surface area contributed by atoms with E-state index in [0.29, 0.717) is 6.07 Å². The smallest absolute Gasteiger partial charge is 0.482 e. The van der Waals surface area contributed by atoms with Gasteiger partial charge in [-0.05, 0) is 35.9 Å². The zero-order valence-corrected chi connectivity index (χ0v) is 16.5. The summed E-state index contributed by atoms with van der Waals surface area (Å²) in [4.78, 5) is 11.2. The fourth-order valence-corrected chi connectivity index (χ4v) is 2.77. The molecular weight excluding hydrogens is 482 g/mol. The van der Waals surface area contributed by atoms with E-state index < -0.39 is 70.8 Å². The van der Waals surface area contributed by atoms with Crippen molar-refractivity contribution in [2.75, 3.05) is 6.61 Å². The third-order valence-corrected chi connectivity index (χ3v) is 4.16. The molecule has 0 fully saturated rings. The molecule has 180 valence electrons. The lowest BCUT2D eigenvalue weighted by Gasteiger charge is -2.20. The second-order valence-corrected chi connectivity index (χ2v) is 6.51. The number of rotatable bonds is 6. The van der Waals surface area contributed by atoms with E-state index in [1.54, 1.807) is 0 Å². The Kier molecular flexibility index (Phi) is 6.60. The van der Waals surface area contributed by atoms with Crippen molar-refractivity contribution in [3.63, 3.8) is 0 Å². The van der Waals surface area contributed by atoms with Crippen molar-refractivity contribution in [2.24, 2.45) is 5.73 Å². The largest absolute Gasteiger partial charge is 0.573 e. The van der Waals surface area contributed by atoms with Crippen LogP contribution in [0.15, 0.2) is 59.7 Å². The first-order valence-corrected chi connectivity index (χ1v) is 8.98. The molecule has 1 amide bonds. The van der Waals surface area contributed by atoms with Crippen molar-refractivity contribution >= 4 is 11.5 Å². The SMILES string of the molecule is NC(=O)c1c(F)ccc(OCC2=C=CC(c3ccc(OC(F)(F)F)cc3)=C(C(F)(F)F)O2)c1F. The summed E-state index contributed by atoms with van der Waals surface area (Å²) in [6.45, 7) is -0.803. The Morgan fingerprint density at radius 2 is 1.65 bits per heavy atom. The number of hydrogen-bond acceptors (Lipinski definition) is 4. The van der Waals surface area contributed by atoms with Crippen molar-refractivity contribution in [3.8, 4) is 11.5 Å². The zero-order chi connectivity index (χ0) is 25.3. The molecule has 0 bridgehead atoms. The number of hydrogen-bond donors (Lipinski definition) is 1. The molecule has 1 heterocycles. The van der Waals surface area contributed by atoms with Gasteiger partial charge in [0.2, 0.25) is 5.76 Å². The van der Waals surface area contributed by atoms with Gasteiger partial charge in [-0.2, -0.15) is 13.2 Å². The standard InChI is InChI=1S/C21H11F8NO4/c22-14-7-8-15(17(23)16(14)19(30)31)32-9-12-5-6-13(18(33-12)20(24,25)26)10-1-3-11(4-2-10)34-21(27,28)29/h1-4,6-8H,9H2,(H2,30,31). The van der Waals surface area contributed by atoms with Crippen molar-refractivity contribution in [1.29, 1.82) is 0 Å². The average Bonchev–Trinajstić information content (AvgIpc) is 2.72. The molecule has 13 heteroatoms. The van der Waals surface area contributed by atoms with E-state index in [1.807, 2.05) is 0 Å². The van der Waals surface area contributed by atoms with Gasteiger partial charge in [0.05, 0.1) is 0 Å². The third-order valence-electron chi connectivity index (χ3n) is 4.16. The number of alkyl halides is 6. The molecule has 2 aromatic carbocycles. The third kappa shape index (κ3) is 5.67. The highest BCUT2D eigenvalue weighted by Gasteiger charge is 2.40. The second kappa shape index (κ2) is 9.10. The predicted molar refractivity (Wildman–Crippen MR) is 99.2 cm³/mol. The minimum atomic E-state index is -5.04. The minimum absolute atomic E-state index is 0.162. The van der Waals surface area contributed by atoms with Gasteiger partial charge in [0, 0.05) is 5.57 Å². The van der Waals surface area contributed by atoms with E-state index in [4.69, 9.17) is 15.2 Å². The van der Waals surface area contributed by atoms with Gasteiger partial charge in [0.15, 0.2) is 23.9 Å². The van der Waals surface area contributed by atoms with E-state index in [-0.39, 0.29) is 5.56 Å². The van der Waals surface area contributed by atoms with Gasteiger partial charge < -0.3 is 19.9 Å². The van der Waals surface area contributed by atoms with Crippen LogP contribution >= 0.6 is 0 Å². The Bertz CT molecular complexity index is 1210. The molecule has 34 heavy (non-hydrogen) atoms. The molecule has 2 N–H and O–H groups in total. The summed E-state index contributed by atoms with van der Waals surface area (Å²) in [5, 5.41) is 0. The topological polar surface area (TPSA) is 70.8 Å². The van der Waals surface area contributed by atoms with E-state index in [9.17, 15) is 39.9 Å². The number of carbonyl (C=O) groups is 1. The molecule has 0 saturated carbocycles. The number of primary amides is 1. The molecule has 0 spiro atoms. The number of halogens is 8. The predicted octanol–water partition coefficient (Wildman–Crippen LogP) is 5.38. The van der Waals surface area contributed by atoms with Gasteiger partial charge in [0.25, 0.3) is 5.91 Å². The Balaban J connectivity index is 1.86. The summed E-state index contributed by atoms with van der Waals surface area (Å²) in [6, 6.07) is 4.99. The number of amides is 1. The molecule has 0 aliphatic carbocycles. The van der Waals surface area contributed by atoms with Gasteiger partial charge in [-0.1, -0.05) is 17.9 Å². The highest BCUT2D eigenvalue weighted by atomic mass is 19.4. The number of nitrogens with two attached hydrogens (primary N) is 1. The number of allylic oxidation sites excluding steroid dienone is 2. The summed E-state index contributed by atoms with van der Waals surface area (Å²) in [6.07, 6.45) is -9.17. The van der Waals surface area contributed by atoms with Crippen molar-refractivity contribution in [1.82, 2.24) is 0 Å². The lowest BCUT2D eigenvalue weighted by molar-refractivity contribution is -0.274. The highest BCUT2D eigenvalue weighted by molar-refractivity contribution is 5.93. The van der Waals surface area contributed by atoms with Crippen LogP contribution in [0.5, 0.6) is 11.5 Å². The average molecular weight is 493 g/mol. The first-order valence-electron chi connectivity index (χ1n) is 8.98. The van der Waals surface area contributed by atoms with Crippen LogP contribution in [0.2, 0.25) is 0 Å². The van der Waals surface area contributed by atoms with E-state index in [2.05, 4.69) is 10.5 Å². The summed E-state index contributed by atoms with van der Waals surface area (Å²) < 4.78 is 119. The molecule has 0 radical (unpaired) electrons. The van der Waals surface area contributed by atoms with Gasteiger partial charge in [-0.3, -0.25) is 4.79 Å². The van der Waals surface area contributed by atoms with Crippen LogP contribution < -0.4 is 15.2 Å². The van der Waals surface area contributed by atoms with Crippen LogP contribution in [0, 0.1) is 11.6 Å². The molecule has 1 aliphatic rings. The summed E-state index contributed by atoms with van der Waals surface area (Å²) in [5.74, 6) is -7.56. The first-order chi connectivity index (χ1) is 15.8. The van der Waals surface area contributed by atoms with E-state index >= 15 is 0 Å². The monoisotopic (exact) mass is 493 g/mol. The fraction of sp³-hybridized carbons (Fsp3) is 0.143. The van der Waals surface area contributed by atoms with Gasteiger partial charge in [-0.25, -0.2) is 8.78 Å². The molecule has 0 aromatic heterocycles. The molecule has 1 aliphatic heterocycles. The first kappa shape index (κ1) is 24.6. The summed E-state index contributed by atoms with van der Waals surface area (Å²) in [7, 11) is 0. The van der Waals surface area contributed by atoms with Crippen molar-refractivity contribution in [3.05, 3.63) is 82.5 Å². The maximum Gasteiger partial charge on any atom is 0.573 e.